The van der Waals surface area contributed by atoms with Gasteiger partial charge in [0.05, 0.1) is 0 Å². The minimum Gasteiger partial charge on any atom is -0.454 e. The van der Waals surface area contributed by atoms with Crippen LogP contribution in [0.25, 0.3) is 0 Å². The molecule has 1 aromatic rings. The van der Waals surface area contributed by atoms with Crippen LogP contribution in [0.1, 0.15) is 29.9 Å². The zero-order chi connectivity index (χ0) is 10.3. The summed E-state index contributed by atoms with van der Waals surface area (Å²) in [6, 6.07) is 4.18. The molecule has 0 fully saturated rings. The van der Waals surface area contributed by atoms with Crippen molar-refractivity contribution in [1.82, 2.24) is 0 Å². The number of ether oxygens (including phenoxy) is 2. The number of fused-ring (bicyclic) bond motifs is 2. The van der Waals surface area contributed by atoms with E-state index >= 15 is 0 Å². The Morgan fingerprint density at radius 1 is 1.27 bits per heavy atom. The van der Waals surface area contributed by atoms with Gasteiger partial charge in [-0.25, -0.2) is 0 Å². The predicted octanol–water partition coefficient (Wildman–Crippen LogP) is 1.83. The Hall–Kier alpha value is -1.22. The summed E-state index contributed by atoms with van der Waals surface area (Å²) in [7, 11) is 0. The van der Waals surface area contributed by atoms with E-state index in [1.54, 1.807) is 0 Å². The molecule has 0 saturated carbocycles. The summed E-state index contributed by atoms with van der Waals surface area (Å²) in [4.78, 5) is 0. The van der Waals surface area contributed by atoms with Gasteiger partial charge < -0.3 is 14.6 Å². The van der Waals surface area contributed by atoms with E-state index in [4.69, 9.17) is 14.6 Å². The number of aliphatic hydroxyl groups excluding tert-OH is 1. The van der Waals surface area contributed by atoms with Gasteiger partial charge in [0.1, 0.15) is 0 Å². The molecule has 3 rings (SSSR count). The Bertz CT molecular complexity index is 387. The minimum absolute atomic E-state index is 0.262. The van der Waals surface area contributed by atoms with Crippen molar-refractivity contribution >= 4 is 0 Å². The van der Waals surface area contributed by atoms with E-state index in [2.05, 4.69) is 12.1 Å². The van der Waals surface area contributed by atoms with E-state index in [0.29, 0.717) is 12.7 Å². The van der Waals surface area contributed by atoms with Crippen LogP contribution in [-0.4, -0.2) is 18.5 Å². The van der Waals surface area contributed by atoms with E-state index in [1.165, 1.54) is 11.1 Å². The van der Waals surface area contributed by atoms with Crippen molar-refractivity contribution in [3.8, 4) is 11.5 Å². The molecule has 1 aliphatic heterocycles. The highest BCUT2D eigenvalue weighted by Crippen LogP contribution is 2.43. The number of aliphatic hydroxyl groups is 1. The van der Waals surface area contributed by atoms with Gasteiger partial charge in [-0.3, -0.25) is 0 Å². The molecule has 1 unspecified atom stereocenters. The SMILES string of the molecule is OCCC1CCc2cc3c(cc21)OCO3. The fourth-order valence-corrected chi connectivity index (χ4v) is 2.54. The quantitative estimate of drug-likeness (QED) is 0.802. The Balaban J connectivity index is 1.98. The topological polar surface area (TPSA) is 38.7 Å². The van der Waals surface area contributed by atoms with Gasteiger partial charge in [-0.2, -0.15) is 0 Å². The van der Waals surface area contributed by atoms with Gasteiger partial charge in [0.15, 0.2) is 11.5 Å². The van der Waals surface area contributed by atoms with Gasteiger partial charge >= 0.3 is 0 Å². The van der Waals surface area contributed by atoms with Crippen LogP contribution in [0.5, 0.6) is 11.5 Å². The maximum atomic E-state index is 8.99. The van der Waals surface area contributed by atoms with Crippen LogP contribution in [0.2, 0.25) is 0 Å². The Morgan fingerprint density at radius 2 is 2.07 bits per heavy atom. The van der Waals surface area contributed by atoms with Gasteiger partial charge in [0.25, 0.3) is 0 Å². The fourth-order valence-electron chi connectivity index (χ4n) is 2.54. The lowest BCUT2D eigenvalue weighted by Gasteiger charge is -2.09. The van der Waals surface area contributed by atoms with Crippen LogP contribution >= 0.6 is 0 Å². The molecule has 0 bridgehead atoms. The first kappa shape index (κ1) is 9.04. The van der Waals surface area contributed by atoms with E-state index in [1.807, 2.05) is 0 Å². The molecule has 3 heteroatoms. The van der Waals surface area contributed by atoms with Crippen molar-refractivity contribution in [2.75, 3.05) is 13.4 Å². The highest BCUT2D eigenvalue weighted by molar-refractivity contribution is 5.51. The molecular weight excluding hydrogens is 192 g/mol. The van der Waals surface area contributed by atoms with Crippen molar-refractivity contribution in [1.29, 1.82) is 0 Å². The summed E-state index contributed by atoms with van der Waals surface area (Å²) in [6.07, 6.45) is 3.09. The van der Waals surface area contributed by atoms with Crippen molar-refractivity contribution in [3.63, 3.8) is 0 Å². The summed E-state index contributed by atoms with van der Waals surface area (Å²) in [5.74, 6) is 2.23. The van der Waals surface area contributed by atoms with Crippen molar-refractivity contribution in [2.24, 2.45) is 0 Å². The van der Waals surface area contributed by atoms with Crippen LogP contribution in [0, 0.1) is 0 Å². The zero-order valence-corrected chi connectivity index (χ0v) is 8.53. The van der Waals surface area contributed by atoms with Gasteiger partial charge in [-0.15, -0.1) is 0 Å². The molecule has 0 aromatic heterocycles. The second-order valence-electron chi connectivity index (χ2n) is 4.15. The third-order valence-electron chi connectivity index (χ3n) is 3.31. The summed E-state index contributed by atoms with van der Waals surface area (Å²) >= 11 is 0. The van der Waals surface area contributed by atoms with Crippen LogP contribution in [0.4, 0.5) is 0 Å². The van der Waals surface area contributed by atoms with Gasteiger partial charge in [-0.1, -0.05) is 0 Å². The molecule has 3 nitrogen and oxygen atoms in total. The molecule has 1 heterocycles. The average Bonchev–Trinajstić information content (AvgIpc) is 2.82. The third-order valence-corrected chi connectivity index (χ3v) is 3.31. The largest absolute Gasteiger partial charge is 0.454 e. The van der Waals surface area contributed by atoms with Crippen LogP contribution in [-0.2, 0) is 6.42 Å². The van der Waals surface area contributed by atoms with Gasteiger partial charge in [-0.05, 0) is 48.4 Å². The third kappa shape index (κ3) is 1.38. The molecule has 0 spiro atoms. The summed E-state index contributed by atoms with van der Waals surface area (Å²) in [6.45, 7) is 0.599. The molecule has 0 saturated heterocycles. The molecule has 1 N–H and O–H groups in total. The van der Waals surface area contributed by atoms with Crippen molar-refractivity contribution in [3.05, 3.63) is 23.3 Å². The molecule has 0 radical (unpaired) electrons. The predicted molar refractivity (Wildman–Crippen MR) is 55.3 cm³/mol. The zero-order valence-electron chi connectivity index (χ0n) is 8.53. The molecule has 1 aliphatic carbocycles. The molecular formula is C12H14O3. The van der Waals surface area contributed by atoms with Crippen LogP contribution < -0.4 is 9.47 Å². The molecule has 2 aliphatic rings. The van der Waals surface area contributed by atoms with E-state index in [0.717, 1.165) is 30.8 Å². The number of benzene rings is 1. The van der Waals surface area contributed by atoms with Crippen LogP contribution in [0.3, 0.4) is 0 Å². The second kappa shape index (κ2) is 3.42. The Labute approximate surface area is 88.6 Å². The number of hydrogen-bond acceptors (Lipinski definition) is 3. The normalized spacial score (nSPS) is 21.8. The summed E-state index contributed by atoms with van der Waals surface area (Å²) in [5.41, 5.74) is 2.70. The Morgan fingerprint density at radius 3 is 2.87 bits per heavy atom. The lowest BCUT2D eigenvalue weighted by molar-refractivity contribution is 0.174. The first-order valence-electron chi connectivity index (χ1n) is 5.42. The average molecular weight is 206 g/mol. The number of hydrogen-bond donors (Lipinski definition) is 1. The summed E-state index contributed by atoms with van der Waals surface area (Å²) in [5, 5.41) is 8.99. The number of aryl methyl sites for hydroxylation is 1. The maximum absolute atomic E-state index is 8.99. The van der Waals surface area contributed by atoms with E-state index in [-0.39, 0.29) is 6.61 Å². The highest BCUT2D eigenvalue weighted by atomic mass is 16.7. The molecule has 80 valence electrons. The van der Waals surface area contributed by atoms with Gasteiger partial charge in [0, 0.05) is 6.61 Å². The standard InChI is InChI=1S/C12H14O3/c13-4-3-8-1-2-9-5-11-12(6-10(8)9)15-7-14-11/h5-6,8,13H,1-4,7H2. The fraction of sp³-hybridized carbons (Fsp3) is 0.500. The lowest BCUT2D eigenvalue weighted by atomic mass is 9.98. The van der Waals surface area contributed by atoms with E-state index in [9.17, 15) is 0 Å². The number of rotatable bonds is 2. The molecule has 0 amide bonds. The molecule has 1 aromatic carbocycles. The monoisotopic (exact) mass is 206 g/mol. The van der Waals surface area contributed by atoms with E-state index < -0.39 is 0 Å². The molecule has 15 heavy (non-hydrogen) atoms. The van der Waals surface area contributed by atoms with Crippen LogP contribution in [0.15, 0.2) is 12.1 Å². The minimum atomic E-state index is 0.262. The molecule has 1 atom stereocenters. The first-order chi connectivity index (χ1) is 7.38. The Kier molecular flexibility index (Phi) is 2.06. The highest BCUT2D eigenvalue weighted by Gasteiger charge is 2.26. The first-order valence-corrected chi connectivity index (χ1v) is 5.42. The maximum Gasteiger partial charge on any atom is 0.231 e. The summed E-state index contributed by atoms with van der Waals surface area (Å²) < 4.78 is 10.7. The smallest absolute Gasteiger partial charge is 0.231 e. The van der Waals surface area contributed by atoms with Crippen molar-refractivity contribution < 1.29 is 14.6 Å². The van der Waals surface area contributed by atoms with Gasteiger partial charge in [0.2, 0.25) is 6.79 Å². The second-order valence-corrected chi connectivity index (χ2v) is 4.15. The lowest BCUT2D eigenvalue weighted by Crippen LogP contribution is -1.96. The van der Waals surface area contributed by atoms with Crippen molar-refractivity contribution in [2.45, 2.75) is 25.2 Å².